The van der Waals surface area contributed by atoms with E-state index >= 15 is 0 Å². The molecule has 1 atom stereocenters. The van der Waals surface area contributed by atoms with Crippen molar-refractivity contribution in [2.45, 2.75) is 45.6 Å². The molecule has 0 aromatic heterocycles. The standard InChI is InChI=1S/C12H28NO2/c1-5-6-7-8-9-15-11-13(3,4)10-12(2)14/h12,14H,5-11H2,1-4H3/q+1. The minimum atomic E-state index is -0.260. The first-order chi connectivity index (χ1) is 6.98. The van der Waals surface area contributed by atoms with Crippen molar-refractivity contribution in [2.24, 2.45) is 0 Å². The summed E-state index contributed by atoms with van der Waals surface area (Å²) in [6, 6.07) is 0. The van der Waals surface area contributed by atoms with Crippen molar-refractivity contribution in [3.05, 3.63) is 0 Å². The van der Waals surface area contributed by atoms with E-state index in [4.69, 9.17) is 4.74 Å². The number of unbranched alkanes of at least 4 members (excludes halogenated alkanes) is 3. The van der Waals surface area contributed by atoms with Crippen LogP contribution in [0.3, 0.4) is 0 Å². The molecule has 0 aliphatic carbocycles. The van der Waals surface area contributed by atoms with Gasteiger partial charge < -0.3 is 14.3 Å². The lowest BCUT2D eigenvalue weighted by atomic mass is 10.2. The quantitative estimate of drug-likeness (QED) is 0.364. The third kappa shape index (κ3) is 10.2. The zero-order valence-electron chi connectivity index (χ0n) is 10.8. The van der Waals surface area contributed by atoms with Gasteiger partial charge in [0.1, 0.15) is 12.6 Å². The minimum Gasteiger partial charge on any atom is -0.388 e. The van der Waals surface area contributed by atoms with Gasteiger partial charge in [0.25, 0.3) is 0 Å². The topological polar surface area (TPSA) is 29.5 Å². The van der Waals surface area contributed by atoms with Gasteiger partial charge in [-0.3, -0.25) is 0 Å². The second-order valence-electron chi connectivity index (χ2n) is 5.07. The van der Waals surface area contributed by atoms with Crippen LogP contribution in [0.15, 0.2) is 0 Å². The molecule has 0 radical (unpaired) electrons. The first kappa shape index (κ1) is 14.9. The van der Waals surface area contributed by atoms with Crippen molar-refractivity contribution in [3.8, 4) is 0 Å². The maximum atomic E-state index is 9.29. The van der Waals surface area contributed by atoms with Crippen LogP contribution in [-0.2, 0) is 4.74 Å². The summed E-state index contributed by atoms with van der Waals surface area (Å²) in [5.74, 6) is 0. The molecule has 0 aliphatic rings. The molecule has 1 unspecified atom stereocenters. The van der Waals surface area contributed by atoms with Crippen molar-refractivity contribution >= 4 is 0 Å². The summed E-state index contributed by atoms with van der Waals surface area (Å²) in [5, 5.41) is 9.29. The average Bonchev–Trinajstić information content (AvgIpc) is 2.08. The van der Waals surface area contributed by atoms with E-state index in [9.17, 15) is 5.11 Å². The molecule has 0 amide bonds. The van der Waals surface area contributed by atoms with Gasteiger partial charge in [0.2, 0.25) is 0 Å². The first-order valence-corrected chi connectivity index (χ1v) is 6.06. The monoisotopic (exact) mass is 218 g/mol. The van der Waals surface area contributed by atoms with Crippen LogP contribution in [0.2, 0.25) is 0 Å². The van der Waals surface area contributed by atoms with Crippen LogP contribution >= 0.6 is 0 Å². The number of likely N-dealkylation sites (N-methyl/N-ethyl adjacent to an activating group) is 1. The van der Waals surface area contributed by atoms with E-state index in [1.165, 1.54) is 19.3 Å². The third-order valence-electron chi connectivity index (χ3n) is 2.34. The Bertz CT molecular complexity index is 147. The Labute approximate surface area is 94.6 Å². The molecule has 0 heterocycles. The molecule has 0 rings (SSSR count). The van der Waals surface area contributed by atoms with E-state index in [2.05, 4.69) is 21.0 Å². The number of hydrogen-bond donors (Lipinski definition) is 1. The normalized spacial score (nSPS) is 14.2. The Morgan fingerprint density at radius 2 is 1.87 bits per heavy atom. The van der Waals surface area contributed by atoms with Gasteiger partial charge in [0, 0.05) is 0 Å². The van der Waals surface area contributed by atoms with E-state index in [1.807, 2.05) is 6.92 Å². The molecule has 3 heteroatoms. The van der Waals surface area contributed by atoms with Crippen molar-refractivity contribution in [1.82, 2.24) is 0 Å². The summed E-state index contributed by atoms with van der Waals surface area (Å²) in [6.07, 6.45) is 4.73. The summed E-state index contributed by atoms with van der Waals surface area (Å²) in [4.78, 5) is 0. The minimum absolute atomic E-state index is 0.260. The lowest BCUT2D eigenvalue weighted by molar-refractivity contribution is -0.912. The fraction of sp³-hybridized carbons (Fsp3) is 1.00. The van der Waals surface area contributed by atoms with Crippen molar-refractivity contribution in [1.29, 1.82) is 0 Å². The number of aliphatic hydroxyl groups is 1. The summed E-state index contributed by atoms with van der Waals surface area (Å²) in [6.45, 7) is 6.32. The zero-order chi connectivity index (χ0) is 11.7. The lowest BCUT2D eigenvalue weighted by Crippen LogP contribution is -2.46. The van der Waals surface area contributed by atoms with Crippen molar-refractivity contribution < 1.29 is 14.3 Å². The molecule has 0 saturated heterocycles. The molecule has 15 heavy (non-hydrogen) atoms. The molecule has 0 saturated carbocycles. The van der Waals surface area contributed by atoms with Crippen LogP contribution in [0.5, 0.6) is 0 Å². The Morgan fingerprint density at radius 3 is 2.40 bits per heavy atom. The first-order valence-electron chi connectivity index (χ1n) is 6.06. The van der Waals surface area contributed by atoms with Gasteiger partial charge in [-0.2, -0.15) is 0 Å². The van der Waals surface area contributed by atoms with Crippen molar-refractivity contribution in [2.75, 3.05) is 34.0 Å². The summed E-state index contributed by atoms with van der Waals surface area (Å²) < 4.78 is 6.33. The highest BCUT2D eigenvalue weighted by Crippen LogP contribution is 2.03. The number of ether oxygens (including phenoxy) is 1. The zero-order valence-corrected chi connectivity index (χ0v) is 10.8. The fourth-order valence-corrected chi connectivity index (χ4v) is 1.71. The molecular formula is C12H28NO2+. The van der Waals surface area contributed by atoms with E-state index in [1.54, 1.807) is 0 Å². The maximum Gasteiger partial charge on any atom is 0.182 e. The van der Waals surface area contributed by atoms with Gasteiger partial charge in [-0.1, -0.05) is 26.2 Å². The summed E-state index contributed by atoms with van der Waals surface area (Å²) in [5.41, 5.74) is 0. The molecule has 92 valence electrons. The summed E-state index contributed by atoms with van der Waals surface area (Å²) in [7, 11) is 4.16. The fourth-order valence-electron chi connectivity index (χ4n) is 1.71. The molecule has 3 nitrogen and oxygen atoms in total. The largest absolute Gasteiger partial charge is 0.388 e. The number of aliphatic hydroxyl groups excluding tert-OH is 1. The maximum absolute atomic E-state index is 9.29. The van der Waals surface area contributed by atoms with E-state index < -0.39 is 0 Å². The predicted octanol–water partition coefficient (Wildman–Crippen LogP) is 2.00. The van der Waals surface area contributed by atoms with Gasteiger partial charge in [0.15, 0.2) is 6.73 Å². The molecule has 0 aromatic carbocycles. The van der Waals surface area contributed by atoms with Crippen LogP contribution in [0.4, 0.5) is 0 Å². The van der Waals surface area contributed by atoms with E-state index in [0.29, 0.717) is 6.73 Å². The average molecular weight is 218 g/mol. The van der Waals surface area contributed by atoms with Crippen LogP contribution in [-0.4, -0.2) is 49.7 Å². The molecule has 0 spiro atoms. The Balaban J connectivity index is 3.40. The lowest BCUT2D eigenvalue weighted by Gasteiger charge is -2.30. The molecule has 0 aliphatic heterocycles. The Hall–Kier alpha value is -0.120. The summed E-state index contributed by atoms with van der Waals surface area (Å²) >= 11 is 0. The third-order valence-corrected chi connectivity index (χ3v) is 2.34. The highest BCUT2D eigenvalue weighted by molar-refractivity contribution is 4.41. The van der Waals surface area contributed by atoms with E-state index in [-0.39, 0.29) is 6.10 Å². The van der Waals surface area contributed by atoms with E-state index in [0.717, 1.165) is 24.1 Å². The van der Waals surface area contributed by atoms with Crippen LogP contribution in [0.1, 0.15) is 39.5 Å². The Morgan fingerprint density at radius 1 is 1.20 bits per heavy atom. The van der Waals surface area contributed by atoms with Gasteiger partial charge in [0.05, 0.1) is 20.7 Å². The van der Waals surface area contributed by atoms with Crippen LogP contribution < -0.4 is 0 Å². The predicted molar refractivity (Wildman–Crippen MR) is 63.6 cm³/mol. The molecule has 0 fully saturated rings. The SMILES string of the molecule is CCCCCCOC[N+](C)(C)CC(C)O. The second-order valence-corrected chi connectivity index (χ2v) is 5.07. The van der Waals surface area contributed by atoms with Gasteiger partial charge >= 0.3 is 0 Å². The number of hydrogen-bond acceptors (Lipinski definition) is 2. The smallest absolute Gasteiger partial charge is 0.182 e. The highest BCUT2D eigenvalue weighted by atomic mass is 16.5. The number of quaternary nitrogens is 1. The van der Waals surface area contributed by atoms with Gasteiger partial charge in [-0.15, -0.1) is 0 Å². The molecule has 0 bridgehead atoms. The highest BCUT2D eigenvalue weighted by Gasteiger charge is 2.17. The van der Waals surface area contributed by atoms with Crippen LogP contribution in [0.25, 0.3) is 0 Å². The second kappa shape index (κ2) is 8.08. The molecular weight excluding hydrogens is 190 g/mol. The van der Waals surface area contributed by atoms with Gasteiger partial charge in [-0.05, 0) is 13.3 Å². The molecule has 1 N–H and O–H groups in total. The Kier molecular flexibility index (Phi) is 8.02. The van der Waals surface area contributed by atoms with Crippen molar-refractivity contribution in [3.63, 3.8) is 0 Å². The van der Waals surface area contributed by atoms with Gasteiger partial charge in [-0.25, -0.2) is 0 Å². The van der Waals surface area contributed by atoms with Crippen LogP contribution in [0, 0.1) is 0 Å². The number of nitrogens with zero attached hydrogens (tertiary/aromatic N) is 1. The molecule has 0 aromatic rings. The number of rotatable bonds is 9.